The molecule has 17 heavy (non-hydrogen) atoms. The molecule has 0 aliphatic rings. The molecule has 0 aromatic rings. The van der Waals surface area contributed by atoms with Gasteiger partial charge in [0.15, 0.2) is 6.29 Å². The number of hydrogen-bond acceptors (Lipinski definition) is 3. The Morgan fingerprint density at radius 1 is 1.00 bits per heavy atom. The minimum absolute atomic E-state index is 0.0148. The molecule has 0 atom stereocenters. The number of carbonyl (C=O) groups is 1. The van der Waals surface area contributed by atoms with Gasteiger partial charge in [0.1, 0.15) is 6.29 Å². The third-order valence-corrected chi connectivity index (χ3v) is 3.18. The SMILES string of the molecule is COC(CCCCBr)OC.O=CCCCCBr. The summed E-state index contributed by atoms with van der Waals surface area (Å²) in [5.74, 6) is 0. The molecule has 104 valence electrons. The molecule has 5 heteroatoms. The van der Waals surface area contributed by atoms with E-state index >= 15 is 0 Å². The maximum atomic E-state index is 9.66. The summed E-state index contributed by atoms with van der Waals surface area (Å²) in [5.41, 5.74) is 0. The smallest absolute Gasteiger partial charge is 0.156 e. The average molecular weight is 376 g/mol. The van der Waals surface area contributed by atoms with Gasteiger partial charge in [-0.1, -0.05) is 31.9 Å². The number of halogens is 2. The van der Waals surface area contributed by atoms with Crippen LogP contribution in [0.5, 0.6) is 0 Å². The zero-order chi connectivity index (χ0) is 13.4. The summed E-state index contributed by atoms with van der Waals surface area (Å²) in [4.78, 5) is 9.66. The van der Waals surface area contributed by atoms with Crippen LogP contribution in [-0.2, 0) is 14.3 Å². The number of carbonyl (C=O) groups excluding carboxylic acids is 1. The Kier molecular flexibility index (Phi) is 22.1. The number of alkyl halides is 2. The van der Waals surface area contributed by atoms with Crippen molar-refractivity contribution in [2.45, 2.75) is 44.8 Å². The Labute approximate surface area is 122 Å². The van der Waals surface area contributed by atoms with Crippen LogP contribution >= 0.6 is 31.9 Å². The van der Waals surface area contributed by atoms with Crippen molar-refractivity contribution in [3.05, 3.63) is 0 Å². The number of aldehydes is 1. The molecular formula is C12H24Br2O3. The standard InChI is InChI=1S/C7H15BrO2.C5H9BrO/c1-9-7(10-2)5-3-4-6-8;6-4-2-1-3-5-7/h7H,3-6H2,1-2H3;5H,1-4H2. The van der Waals surface area contributed by atoms with Crippen molar-refractivity contribution >= 4 is 38.1 Å². The van der Waals surface area contributed by atoms with Crippen LogP contribution in [0, 0.1) is 0 Å². The molecule has 0 saturated heterocycles. The third kappa shape index (κ3) is 19.1. The van der Waals surface area contributed by atoms with Crippen LogP contribution in [0.3, 0.4) is 0 Å². The van der Waals surface area contributed by atoms with Gasteiger partial charge in [-0.3, -0.25) is 0 Å². The van der Waals surface area contributed by atoms with E-state index in [1.165, 1.54) is 6.42 Å². The van der Waals surface area contributed by atoms with Crippen LogP contribution in [0.1, 0.15) is 38.5 Å². The van der Waals surface area contributed by atoms with E-state index in [-0.39, 0.29) is 6.29 Å². The Morgan fingerprint density at radius 2 is 1.53 bits per heavy atom. The summed E-state index contributed by atoms with van der Waals surface area (Å²) in [5, 5.41) is 2.08. The highest BCUT2D eigenvalue weighted by atomic mass is 79.9. The van der Waals surface area contributed by atoms with Gasteiger partial charge in [0.05, 0.1) is 0 Å². The Hall–Kier alpha value is 0.550. The van der Waals surface area contributed by atoms with E-state index in [0.717, 1.165) is 42.6 Å². The number of ether oxygens (including phenoxy) is 2. The Bertz CT molecular complexity index is 142. The molecule has 0 aromatic heterocycles. The molecule has 3 nitrogen and oxygen atoms in total. The highest BCUT2D eigenvalue weighted by Gasteiger charge is 2.02. The van der Waals surface area contributed by atoms with Crippen molar-refractivity contribution in [1.82, 2.24) is 0 Å². The quantitative estimate of drug-likeness (QED) is 0.251. The van der Waals surface area contributed by atoms with Crippen molar-refractivity contribution in [2.24, 2.45) is 0 Å². The molecule has 0 N–H and O–H groups in total. The first-order valence-corrected chi connectivity index (χ1v) is 8.12. The van der Waals surface area contributed by atoms with Crippen LogP contribution in [0.4, 0.5) is 0 Å². The molecular weight excluding hydrogens is 352 g/mol. The Morgan fingerprint density at radius 3 is 1.94 bits per heavy atom. The maximum Gasteiger partial charge on any atom is 0.156 e. The van der Waals surface area contributed by atoms with Gasteiger partial charge in [-0.15, -0.1) is 0 Å². The lowest BCUT2D eigenvalue weighted by molar-refractivity contribution is -0.108. The second-order valence-electron chi connectivity index (χ2n) is 3.44. The molecule has 0 rings (SSSR count). The van der Waals surface area contributed by atoms with Crippen molar-refractivity contribution in [3.8, 4) is 0 Å². The highest BCUT2D eigenvalue weighted by molar-refractivity contribution is 9.09. The van der Waals surface area contributed by atoms with Gasteiger partial charge in [-0.2, -0.15) is 0 Å². The number of rotatable bonds is 10. The van der Waals surface area contributed by atoms with E-state index in [1.807, 2.05) is 0 Å². The molecule has 0 amide bonds. The van der Waals surface area contributed by atoms with E-state index in [2.05, 4.69) is 31.9 Å². The van der Waals surface area contributed by atoms with Crippen LogP contribution in [0.15, 0.2) is 0 Å². The molecule has 0 aliphatic carbocycles. The highest BCUT2D eigenvalue weighted by Crippen LogP contribution is 2.05. The number of hydrogen-bond donors (Lipinski definition) is 0. The topological polar surface area (TPSA) is 35.5 Å². The summed E-state index contributed by atoms with van der Waals surface area (Å²) in [6, 6.07) is 0. The first kappa shape index (κ1) is 19.9. The van der Waals surface area contributed by atoms with E-state index in [1.54, 1.807) is 14.2 Å². The van der Waals surface area contributed by atoms with Gasteiger partial charge in [0.2, 0.25) is 0 Å². The molecule has 0 aliphatic heterocycles. The van der Waals surface area contributed by atoms with Crippen LogP contribution < -0.4 is 0 Å². The van der Waals surface area contributed by atoms with Crippen molar-refractivity contribution in [1.29, 1.82) is 0 Å². The average Bonchev–Trinajstić information content (AvgIpc) is 2.36. The van der Waals surface area contributed by atoms with Gasteiger partial charge < -0.3 is 14.3 Å². The van der Waals surface area contributed by atoms with Crippen molar-refractivity contribution in [2.75, 3.05) is 24.9 Å². The fraction of sp³-hybridized carbons (Fsp3) is 0.917. The second kappa shape index (κ2) is 18.9. The number of methoxy groups -OCH3 is 2. The first-order valence-electron chi connectivity index (χ1n) is 5.87. The molecule has 0 fully saturated rings. The summed E-state index contributed by atoms with van der Waals surface area (Å²) < 4.78 is 10.0. The van der Waals surface area contributed by atoms with Crippen molar-refractivity contribution < 1.29 is 14.3 Å². The van der Waals surface area contributed by atoms with Gasteiger partial charge in [-0.25, -0.2) is 0 Å². The zero-order valence-electron chi connectivity index (χ0n) is 10.8. The van der Waals surface area contributed by atoms with Crippen LogP contribution in [0.25, 0.3) is 0 Å². The number of unbranched alkanes of at least 4 members (excludes halogenated alkanes) is 3. The van der Waals surface area contributed by atoms with E-state index in [4.69, 9.17) is 9.47 Å². The van der Waals surface area contributed by atoms with Gasteiger partial charge in [0, 0.05) is 31.3 Å². The Balaban J connectivity index is 0. The largest absolute Gasteiger partial charge is 0.356 e. The van der Waals surface area contributed by atoms with Crippen molar-refractivity contribution in [3.63, 3.8) is 0 Å². The normalized spacial score (nSPS) is 9.94. The fourth-order valence-corrected chi connectivity index (χ4v) is 1.85. The summed E-state index contributed by atoms with van der Waals surface area (Å²) in [6.07, 6.45) is 7.11. The minimum Gasteiger partial charge on any atom is -0.356 e. The predicted octanol–water partition coefficient (Wildman–Crippen LogP) is 3.92. The summed E-state index contributed by atoms with van der Waals surface area (Å²) in [7, 11) is 3.34. The van der Waals surface area contributed by atoms with E-state index in [9.17, 15) is 4.79 Å². The molecule has 0 aromatic carbocycles. The third-order valence-electron chi connectivity index (χ3n) is 2.05. The predicted molar refractivity (Wildman–Crippen MR) is 79.2 cm³/mol. The van der Waals surface area contributed by atoms with E-state index in [0.29, 0.717) is 6.42 Å². The molecule has 0 radical (unpaired) electrons. The molecule has 0 bridgehead atoms. The maximum absolute atomic E-state index is 9.66. The molecule has 0 heterocycles. The summed E-state index contributed by atoms with van der Waals surface area (Å²) >= 11 is 6.63. The lowest BCUT2D eigenvalue weighted by atomic mass is 10.2. The minimum atomic E-state index is -0.0148. The lowest BCUT2D eigenvalue weighted by Gasteiger charge is -2.11. The van der Waals surface area contributed by atoms with Gasteiger partial charge in [-0.05, 0) is 32.1 Å². The fourth-order valence-electron chi connectivity index (χ4n) is 1.06. The molecule has 0 unspecified atom stereocenters. The first-order chi connectivity index (χ1) is 8.26. The zero-order valence-corrected chi connectivity index (χ0v) is 14.0. The lowest BCUT2D eigenvalue weighted by Crippen LogP contribution is -2.12. The van der Waals surface area contributed by atoms with E-state index < -0.39 is 0 Å². The van der Waals surface area contributed by atoms with Gasteiger partial charge >= 0.3 is 0 Å². The second-order valence-corrected chi connectivity index (χ2v) is 5.02. The van der Waals surface area contributed by atoms with Crippen LogP contribution in [0.2, 0.25) is 0 Å². The molecule has 0 spiro atoms. The molecule has 0 saturated carbocycles. The summed E-state index contributed by atoms with van der Waals surface area (Å²) in [6.45, 7) is 0. The van der Waals surface area contributed by atoms with Crippen LogP contribution in [-0.4, -0.2) is 37.5 Å². The monoisotopic (exact) mass is 374 g/mol. The van der Waals surface area contributed by atoms with Gasteiger partial charge in [0.25, 0.3) is 0 Å².